The van der Waals surface area contributed by atoms with Crippen molar-refractivity contribution in [2.45, 2.75) is 38.3 Å². The Morgan fingerprint density at radius 3 is 2.75 bits per heavy atom. The van der Waals surface area contributed by atoms with Gasteiger partial charge in [-0.1, -0.05) is 37.6 Å². The van der Waals surface area contributed by atoms with Crippen molar-refractivity contribution in [1.82, 2.24) is 5.32 Å². The second-order valence-electron chi connectivity index (χ2n) is 4.67. The molecule has 0 aliphatic carbocycles. The molecule has 1 aromatic carbocycles. The number of hydrogen-bond donors (Lipinski definition) is 1. The Morgan fingerprint density at radius 1 is 1.31 bits per heavy atom. The zero-order valence-electron chi connectivity index (χ0n) is 9.93. The normalized spacial score (nSPS) is 19.6. The molecule has 0 aromatic heterocycles. The summed E-state index contributed by atoms with van der Waals surface area (Å²) in [6.07, 6.45) is 3.36. The summed E-state index contributed by atoms with van der Waals surface area (Å²) < 4.78 is 14.7. The van der Waals surface area contributed by atoms with E-state index in [0.29, 0.717) is 12.8 Å². The number of hydrogen-bond acceptors (Lipinski definition) is 1. The molecule has 0 amide bonds. The Morgan fingerprint density at radius 2 is 2.06 bits per heavy atom. The molecule has 0 saturated carbocycles. The number of halogens is 1. The van der Waals surface area contributed by atoms with Crippen molar-refractivity contribution in [3.8, 4) is 0 Å². The molecule has 1 saturated heterocycles. The van der Waals surface area contributed by atoms with Crippen molar-refractivity contribution in [2.24, 2.45) is 0 Å². The zero-order valence-corrected chi connectivity index (χ0v) is 9.93. The molecule has 1 N–H and O–H groups in total. The maximum Gasteiger partial charge on any atom is 0.138 e. The van der Waals surface area contributed by atoms with Crippen molar-refractivity contribution in [3.05, 3.63) is 35.4 Å². The molecule has 2 heteroatoms. The van der Waals surface area contributed by atoms with Crippen molar-refractivity contribution in [2.75, 3.05) is 13.1 Å². The number of piperidine rings is 1. The van der Waals surface area contributed by atoms with E-state index < -0.39 is 5.67 Å². The van der Waals surface area contributed by atoms with Crippen LogP contribution >= 0.6 is 0 Å². The highest BCUT2D eigenvalue weighted by Gasteiger charge is 2.33. The molecule has 16 heavy (non-hydrogen) atoms. The molecule has 0 radical (unpaired) electrons. The summed E-state index contributed by atoms with van der Waals surface area (Å²) in [5, 5.41) is 3.21. The van der Waals surface area contributed by atoms with Crippen LogP contribution in [0.2, 0.25) is 0 Å². The molecule has 1 aliphatic rings. The van der Waals surface area contributed by atoms with Gasteiger partial charge in [0.25, 0.3) is 0 Å². The minimum absolute atomic E-state index is 0.600. The van der Waals surface area contributed by atoms with Gasteiger partial charge in [-0.05, 0) is 43.5 Å². The first kappa shape index (κ1) is 11.6. The predicted molar refractivity (Wildman–Crippen MR) is 65.3 cm³/mol. The zero-order chi connectivity index (χ0) is 11.4. The third-order valence-electron chi connectivity index (χ3n) is 3.38. The van der Waals surface area contributed by atoms with Gasteiger partial charge in [0.1, 0.15) is 5.67 Å². The number of alkyl halides is 1. The van der Waals surface area contributed by atoms with E-state index in [1.165, 1.54) is 5.56 Å². The molecule has 0 unspecified atom stereocenters. The molecule has 1 heterocycles. The van der Waals surface area contributed by atoms with Gasteiger partial charge >= 0.3 is 0 Å². The molecule has 0 bridgehead atoms. The van der Waals surface area contributed by atoms with Crippen LogP contribution in [0, 0.1) is 0 Å². The maximum absolute atomic E-state index is 14.7. The Balaban J connectivity index is 2.21. The third-order valence-corrected chi connectivity index (χ3v) is 3.38. The van der Waals surface area contributed by atoms with E-state index in [9.17, 15) is 4.39 Å². The van der Waals surface area contributed by atoms with E-state index >= 15 is 0 Å². The Kier molecular flexibility index (Phi) is 3.59. The molecule has 1 fully saturated rings. The van der Waals surface area contributed by atoms with Crippen LogP contribution in [-0.2, 0) is 12.1 Å². The van der Waals surface area contributed by atoms with Gasteiger partial charge in [-0.15, -0.1) is 0 Å². The first-order valence-electron chi connectivity index (χ1n) is 6.24. The summed E-state index contributed by atoms with van der Waals surface area (Å²) in [4.78, 5) is 0. The predicted octanol–water partition coefficient (Wildman–Crippen LogP) is 3.19. The lowest BCUT2D eigenvalue weighted by Crippen LogP contribution is -2.36. The van der Waals surface area contributed by atoms with Crippen LogP contribution in [0.5, 0.6) is 0 Å². The number of benzene rings is 1. The Labute approximate surface area is 97.1 Å². The summed E-state index contributed by atoms with van der Waals surface area (Å²) in [7, 11) is 0. The molecule has 2 rings (SSSR count). The summed E-state index contributed by atoms with van der Waals surface area (Å²) in [5.74, 6) is 0. The molecule has 1 aliphatic heterocycles. The average Bonchev–Trinajstić information content (AvgIpc) is 2.31. The fourth-order valence-electron chi connectivity index (χ4n) is 2.41. The smallest absolute Gasteiger partial charge is 0.138 e. The minimum Gasteiger partial charge on any atom is -0.316 e. The molecule has 0 atom stereocenters. The first-order chi connectivity index (χ1) is 7.74. The fraction of sp³-hybridized carbons (Fsp3) is 0.571. The maximum atomic E-state index is 14.7. The van der Waals surface area contributed by atoms with Crippen LogP contribution in [0.25, 0.3) is 0 Å². The molecular weight excluding hydrogens is 201 g/mol. The monoisotopic (exact) mass is 221 g/mol. The quantitative estimate of drug-likeness (QED) is 0.826. The van der Waals surface area contributed by atoms with Gasteiger partial charge in [-0.3, -0.25) is 0 Å². The number of nitrogens with one attached hydrogen (secondary N) is 1. The lowest BCUT2D eigenvalue weighted by Gasteiger charge is -2.30. The summed E-state index contributed by atoms with van der Waals surface area (Å²) in [6.45, 7) is 3.73. The highest BCUT2D eigenvalue weighted by molar-refractivity contribution is 5.29. The van der Waals surface area contributed by atoms with Crippen LogP contribution in [0.15, 0.2) is 24.3 Å². The van der Waals surface area contributed by atoms with E-state index in [4.69, 9.17) is 0 Å². The first-order valence-corrected chi connectivity index (χ1v) is 6.24. The van der Waals surface area contributed by atoms with Gasteiger partial charge < -0.3 is 5.32 Å². The fourth-order valence-corrected chi connectivity index (χ4v) is 2.41. The van der Waals surface area contributed by atoms with Gasteiger partial charge in [0, 0.05) is 0 Å². The van der Waals surface area contributed by atoms with E-state index in [-0.39, 0.29) is 0 Å². The second-order valence-corrected chi connectivity index (χ2v) is 4.67. The lowest BCUT2D eigenvalue weighted by molar-refractivity contribution is 0.115. The topological polar surface area (TPSA) is 12.0 Å². The SMILES string of the molecule is CCCc1cccc(C2(F)CCNCC2)c1. The highest BCUT2D eigenvalue weighted by Crippen LogP contribution is 2.35. The average molecular weight is 221 g/mol. The summed E-state index contributed by atoms with van der Waals surface area (Å²) in [5.41, 5.74) is 1.03. The highest BCUT2D eigenvalue weighted by atomic mass is 19.1. The van der Waals surface area contributed by atoms with Gasteiger partial charge in [0.05, 0.1) is 0 Å². The van der Waals surface area contributed by atoms with Gasteiger partial charge in [-0.2, -0.15) is 0 Å². The van der Waals surface area contributed by atoms with Crippen LogP contribution < -0.4 is 5.32 Å². The van der Waals surface area contributed by atoms with Crippen LogP contribution in [0.4, 0.5) is 4.39 Å². The molecular formula is C14H20FN. The van der Waals surface area contributed by atoms with Gasteiger partial charge in [-0.25, -0.2) is 4.39 Å². The van der Waals surface area contributed by atoms with Gasteiger partial charge in [0.2, 0.25) is 0 Å². The second kappa shape index (κ2) is 4.96. The van der Waals surface area contributed by atoms with E-state index in [2.05, 4.69) is 24.4 Å². The Bertz CT molecular complexity index is 342. The van der Waals surface area contributed by atoms with Crippen LogP contribution in [-0.4, -0.2) is 13.1 Å². The largest absolute Gasteiger partial charge is 0.316 e. The van der Waals surface area contributed by atoms with Crippen LogP contribution in [0.1, 0.15) is 37.3 Å². The van der Waals surface area contributed by atoms with Crippen molar-refractivity contribution in [3.63, 3.8) is 0 Å². The van der Waals surface area contributed by atoms with E-state index in [1.54, 1.807) is 0 Å². The van der Waals surface area contributed by atoms with Crippen molar-refractivity contribution >= 4 is 0 Å². The van der Waals surface area contributed by atoms with Crippen LogP contribution in [0.3, 0.4) is 0 Å². The van der Waals surface area contributed by atoms with Crippen molar-refractivity contribution in [1.29, 1.82) is 0 Å². The Hall–Kier alpha value is -0.890. The number of aryl methyl sites for hydroxylation is 1. The summed E-state index contributed by atoms with van der Waals surface area (Å²) in [6, 6.07) is 8.07. The third kappa shape index (κ3) is 2.43. The van der Waals surface area contributed by atoms with E-state index in [0.717, 1.165) is 31.5 Å². The van der Waals surface area contributed by atoms with E-state index in [1.807, 2.05) is 12.1 Å². The van der Waals surface area contributed by atoms with Gasteiger partial charge in [0.15, 0.2) is 0 Å². The minimum atomic E-state index is -1.10. The molecule has 1 nitrogen and oxygen atoms in total. The standard InChI is InChI=1S/C14H20FN/c1-2-4-12-5-3-6-13(11-12)14(15)7-9-16-10-8-14/h3,5-6,11,16H,2,4,7-10H2,1H3. The lowest BCUT2D eigenvalue weighted by atomic mass is 9.86. The molecule has 1 aromatic rings. The molecule has 0 spiro atoms. The number of rotatable bonds is 3. The molecule has 88 valence electrons. The summed E-state index contributed by atoms with van der Waals surface area (Å²) >= 11 is 0. The van der Waals surface area contributed by atoms with Crippen molar-refractivity contribution < 1.29 is 4.39 Å².